The predicted molar refractivity (Wildman–Crippen MR) is 121 cm³/mol. The van der Waals surface area contributed by atoms with Crippen LogP contribution < -0.4 is 15.5 Å². The van der Waals surface area contributed by atoms with E-state index < -0.39 is 24.1 Å². The molecule has 3 N–H and O–H groups in total. The summed E-state index contributed by atoms with van der Waals surface area (Å²) in [6.45, 7) is 3.97. The van der Waals surface area contributed by atoms with E-state index in [0.717, 1.165) is 5.69 Å². The zero-order valence-corrected chi connectivity index (χ0v) is 18.5. The highest BCUT2D eigenvalue weighted by atomic mass is 35.5. The zero-order valence-electron chi connectivity index (χ0n) is 17.7. The van der Waals surface area contributed by atoms with Crippen molar-refractivity contribution < 1.29 is 19.5 Å². The molecule has 1 aromatic carbocycles. The fourth-order valence-electron chi connectivity index (χ4n) is 3.57. The lowest BCUT2D eigenvalue weighted by atomic mass is 10.1. The Kier molecular flexibility index (Phi) is 7.88. The number of nitrogens with zero attached hydrogens (tertiary/aromatic N) is 3. The number of nitrogens with one attached hydrogen (secondary N) is 2. The van der Waals surface area contributed by atoms with Gasteiger partial charge in [0.05, 0.1) is 0 Å². The van der Waals surface area contributed by atoms with Crippen molar-refractivity contribution in [3.05, 3.63) is 59.4 Å². The standard InChI is InChI=1S/C22H26ClN5O4/c1-15(25-20(29)19(26-22(31)32)14-17-4-2-3-9-24-17)21(30)28-12-10-27(11-13-28)18-7-5-16(23)6-8-18/h2-9,15,19,26H,10-14H2,1H3,(H,25,29)(H,31,32)/t15-,19-/m0/s1. The summed E-state index contributed by atoms with van der Waals surface area (Å²) in [5.74, 6) is -0.778. The minimum absolute atomic E-state index is 0.0830. The topological polar surface area (TPSA) is 115 Å². The van der Waals surface area contributed by atoms with Gasteiger partial charge in [0.25, 0.3) is 0 Å². The van der Waals surface area contributed by atoms with E-state index in [1.54, 1.807) is 36.2 Å². The lowest BCUT2D eigenvalue weighted by molar-refractivity contribution is -0.136. The molecule has 0 unspecified atom stereocenters. The molecule has 1 aromatic heterocycles. The minimum atomic E-state index is -1.32. The molecule has 32 heavy (non-hydrogen) atoms. The van der Waals surface area contributed by atoms with Crippen molar-refractivity contribution in [2.45, 2.75) is 25.4 Å². The molecule has 0 spiro atoms. The summed E-state index contributed by atoms with van der Waals surface area (Å²) >= 11 is 5.94. The summed E-state index contributed by atoms with van der Waals surface area (Å²) in [4.78, 5) is 44.7. The second-order valence-electron chi connectivity index (χ2n) is 7.55. The van der Waals surface area contributed by atoms with Gasteiger partial charge in [0.15, 0.2) is 0 Å². The summed E-state index contributed by atoms with van der Waals surface area (Å²) in [5.41, 5.74) is 1.61. The van der Waals surface area contributed by atoms with Gasteiger partial charge in [-0.3, -0.25) is 14.6 Å². The highest BCUT2D eigenvalue weighted by Gasteiger charge is 2.29. The van der Waals surface area contributed by atoms with Crippen molar-refractivity contribution in [1.29, 1.82) is 0 Å². The van der Waals surface area contributed by atoms with E-state index in [2.05, 4.69) is 20.5 Å². The van der Waals surface area contributed by atoms with Crippen LogP contribution in [0.25, 0.3) is 0 Å². The minimum Gasteiger partial charge on any atom is -0.465 e. The number of hydrogen-bond acceptors (Lipinski definition) is 5. The Morgan fingerprint density at radius 1 is 1.06 bits per heavy atom. The number of anilines is 1. The summed E-state index contributed by atoms with van der Waals surface area (Å²) in [6, 6.07) is 10.9. The maximum Gasteiger partial charge on any atom is 0.405 e. The predicted octanol–water partition coefficient (Wildman–Crippen LogP) is 1.77. The van der Waals surface area contributed by atoms with E-state index in [4.69, 9.17) is 16.7 Å². The normalized spacial score (nSPS) is 15.6. The molecule has 2 heterocycles. The molecule has 9 nitrogen and oxygen atoms in total. The van der Waals surface area contributed by atoms with Crippen molar-refractivity contribution in [1.82, 2.24) is 20.5 Å². The van der Waals surface area contributed by atoms with E-state index in [1.165, 1.54) is 0 Å². The maximum atomic E-state index is 12.9. The molecule has 1 fully saturated rings. The number of aromatic nitrogens is 1. The molecule has 0 radical (unpaired) electrons. The number of halogens is 1. The Balaban J connectivity index is 1.54. The Hall–Kier alpha value is -3.33. The van der Waals surface area contributed by atoms with Gasteiger partial charge in [0.1, 0.15) is 12.1 Å². The quantitative estimate of drug-likeness (QED) is 0.581. The first-order chi connectivity index (χ1) is 15.3. The maximum absolute atomic E-state index is 12.9. The molecule has 0 bridgehead atoms. The van der Waals surface area contributed by atoms with E-state index in [1.807, 2.05) is 24.3 Å². The first-order valence-corrected chi connectivity index (χ1v) is 10.7. The third-order valence-corrected chi connectivity index (χ3v) is 5.52. The van der Waals surface area contributed by atoms with Gasteiger partial charge < -0.3 is 25.5 Å². The van der Waals surface area contributed by atoms with Crippen LogP contribution in [0, 0.1) is 0 Å². The molecule has 3 amide bonds. The van der Waals surface area contributed by atoms with E-state index in [-0.39, 0.29) is 12.3 Å². The van der Waals surface area contributed by atoms with Crippen molar-refractivity contribution in [3.8, 4) is 0 Å². The summed E-state index contributed by atoms with van der Waals surface area (Å²) in [7, 11) is 0. The molecule has 1 saturated heterocycles. The molecular formula is C22H26ClN5O4. The second kappa shape index (κ2) is 10.8. The Bertz CT molecular complexity index is 933. The second-order valence-corrected chi connectivity index (χ2v) is 7.98. The summed E-state index contributed by atoms with van der Waals surface area (Å²) in [5, 5.41) is 14.6. The van der Waals surface area contributed by atoms with Crippen molar-refractivity contribution >= 4 is 35.2 Å². The largest absolute Gasteiger partial charge is 0.465 e. The van der Waals surface area contributed by atoms with E-state index in [9.17, 15) is 14.4 Å². The van der Waals surface area contributed by atoms with Gasteiger partial charge in [-0.1, -0.05) is 17.7 Å². The Morgan fingerprint density at radius 3 is 2.34 bits per heavy atom. The Morgan fingerprint density at radius 2 is 1.75 bits per heavy atom. The number of rotatable bonds is 7. The SMILES string of the molecule is C[C@H](NC(=O)[C@H](Cc1ccccn1)NC(=O)O)C(=O)N1CCN(c2ccc(Cl)cc2)CC1. The van der Waals surface area contributed by atoms with Crippen molar-refractivity contribution in [3.63, 3.8) is 0 Å². The average Bonchev–Trinajstić information content (AvgIpc) is 2.79. The number of carbonyl (C=O) groups is 3. The zero-order chi connectivity index (χ0) is 23.1. The third kappa shape index (κ3) is 6.34. The van der Waals surface area contributed by atoms with Gasteiger partial charge in [0.2, 0.25) is 11.8 Å². The van der Waals surface area contributed by atoms with Crippen LogP contribution in [0.1, 0.15) is 12.6 Å². The van der Waals surface area contributed by atoms with Gasteiger partial charge in [-0.2, -0.15) is 0 Å². The van der Waals surface area contributed by atoms with Crippen molar-refractivity contribution in [2.24, 2.45) is 0 Å². The first kappa shape index (κ1) is 23.3. The highest BCUT2D eigenvalue weighted by molar-refractivity contribution is 6.30. The number of benzene rings is 1. The number of carboxylic acid groups (broad SMARTS) is 1. The number of amides is 3. The number of piperazine rings is 1. The lowest BCUT2D eigenvalue weighted by Gasteiger charge is -2.37. The van der Waals surface area contributed by atoms with Crippen LogP contribution in [0.2, 0.25) is 5.02 Å². The van der Waals surface area contributed by atoms with Gasteiger partial charge in [-0.25, -0.2) is 4.79 Å². The number of hydrogen-bond donors (Lipinski definition) is 3. The fraction of sp³-hybridized carbons (Fsp3) is 0.364. The van der Waals surface area contributed by atoms with Crippen LogP contribution in [-0.2, 0) is 16.0 Å². The fourth-order valence-corrected chi connectivity index (χ4v) is 3.70. The van der Waals surface area contributed by atoms with Crippen LogP contribution in [0.4, 0.5) is 10.5 Å². The molecule has 3 rings (SSSR count). The van der Waals surface area contributed by atoms with Crippen molar-refractivity contribution in [2.75, 3.05) is 31.1 Å². The van der Waals surface area contributed by atoms with Gasteiger partial charge >= 0.3 is 6.09 Å². The van der Waals surface area contributed by atoms with Crippen LogP contribution in [0.3, 0.4) is 0 Å². The van der Waals surface area contributed by atoms with E-state index >= 15 is 0 Å². The number of carbonyl (C=O) groups excluding carboxylic acids is 2. The smallest absolute Gasteiger partial charge is 0.405 e. The molecule has 10 heteroatoms. The van der Waals surface area contributed by atoms with Crippen LogP contribution in [0.5, 0.6) is 0 Å². The van der Waals surface area contributed by atoms with Crippen LogP contribution in [0.15, 0.2) is 48.7 Å². The summed E-state index contributed by atoms with van der Waals surface area (Å²) < 4.78 is 0. The van der Waals surface area contributed by atoms with Crippen LogP contribution in [-0.4, -0.2) is 71.2 Å². The van der Waals surface area contributed by atoms with Gasteiger partial charge in [-0.05, 0) is 43.3 Å². The molecule has 2 aromatic rings. The number of pyridine rings is 1. The first-order valence-electron chi connectivity index (χ1n) is 10.3. The highest BCUT2D eigenvalue weighted by Crippen LogP contribution is 2.19. The third-order valence-electron chi connectivity index (χ3n) is 5.27. The van der Waals surface area contributed by atoms with Gasteiger partial charge in [0, 0.05) is 55.2 Å². The summed E-state index contributed by atoms with van der Waals surface area (Å²) in [6.07, 6.45) is 0.332. The molecule has 1 aliphatic heterocycles. The molecule has 170 valence electrons. The van der Waals surface area contributed by atoms with E-state index in [0.29, 0.717) is 36.9 Å². The molecular weight excluding hydrogens is 434 g/mol. The lowest BCUT2D eigenvalue weighted by Crippen LogP contribution is -2.57. The average molecular weight is 460 g/mol. The molecule has 2 atom stereocenters. The Labute approximate surface area is 191 Å². The molecule has 0 aliphatic carbocycles. The molecule has 0 saturated carbocycles. The van der Waals surface area contributed by atoms with Crippen LogP contribution >= 0.6 is 11.6 Å². The monoisotopic (exact) mass is 459 g/mol. The van der Waals surface area contributed by atoms with Gasteiger partial charge in [-0.15, -0.1) is 0 Å². The molecule has 1 aliphatic rings.